The third kappa shape index (κ3) is 6.73. The molecular weight excluding hydrogens is 470 g/mol. The molecule has 1 aromatic carbocycles. The normalized spacial score (nSPS) is 14.4. The number of hydrogen-bond acceptors (Lipinski definition) is 9. The molecule has 3 heterocycles. The second kappa shape index (κ2) is 11.1. The van der Waals surface area contributed by atoms with Gasteiger partial charge in [0, 0.05) is 41.0 Å². The molecule has 0 radical (unpaired) electrons. The number of halogens is 1. The highest BCUT2D eigenvalue weighted by molar-refractivity contribution is 5.92. The monoisotopic (exact) mass is 489 g/mol. The van der Waals surface area contributed by atoms with E-state index in [0.717, 1.165) is 34.5 Å². The summed E-state index contributed by atoms with van der Waals surface area (Å²) in [6.45, 7) is 2.62. The Kier molecular flexibility index (Phi) is 8.16. The number of pyridine rings is 1. The Hall–Kier alpha value is -3.54. The number of furan rings is 1. The lowest BCUT2D eigenvalue weighted by atomic mass is 9.83. The van der Waals surface area contributed by atoms with E-state index in [9.17, 15) is 9.59 Å². The summed E-state index contributed by atoms with van der Waals surface area (Å²) in [5, 5.41) is 0. The Morgan fingerprint density at radius 3 is 2.50 bits per heavy atom. The molecule has 0 spiro atoms. The van der Waals surface area contributed by atoms with Crippen LogP contribution in [0.25, 0.3) is 0 Å². The van der Waals surface area contributed by atoms with Crippen molar-refractivity contribution in [3.05, 3.63) is 95.7 Å². The van der Waals surface area contributed by atoms with Gasteiger partial charge in [0.05, 0.1) is 19.1 Å². The first-order valence-corrected chi connectivity index (χ1v) is 11.2. The van der Waals surface area contributed by atoms with Crippen molar-refractivity contribution in [3.8, 4) is 5.75 Å². The molecule has 0 aliphatic carbocycles. The van der Waals surface area contributed by atoms with Gasteiger partial charge in [0.15, 0.2) is 18.4 Å². The van der Waals surface area contributed by atoms with Crippen LogP contribution in [0.1, 0.15) is 35.2 Å². The molecule has 0 amide bonds. The Labute approximate surface area is 196 Å². The molecule has 0 N–H and O–H groups in total. The number of nitrogens with zero attached hydrogens (tertiary/aromatic N) is 1. The highest BCUT2D eigenvalue weighted by Gasteiger charge is 2.36. The van der Waals surface area contributed by atoms with E-state index in [1.54, 1.807) is 25.5 Å². The highest BCUT2D eigenvalue weighted by Crippen LogP contribution is 2.40. The quantitative estimate of drug-likeness (QED) is 0.139. The maximum absolute atomic E-state index is 12.3. The van der Waals surface area contributed by atoms with Crippen molar-refractivity contribution >= 4 is 11.9 Å². The predicted octanol–water partition coefficient (Wildman–Crippen LogP) is -1.62. The Bertz CT molecular complexity index is 1160. The fraction of sp³-hybridized carbons (Fsp3) is 0.174. The number of carbonyl (C=O) groups excluding carboxylic acids is 2. The fourth-order valence-corrected chi connectivity index (χ4v) is 3.62. The number of benzene rings is 1. The van der Waals surface area contributed by atoms with E-state index in [0.29, 0.717) is 12.3 Å². The first kappa shape index (κ1) is 25.1. The average molecular weight is 490 g/mol. The molecule has 1 aliphatic heterocycles. The van der Waals surface area contributed by atoms with Gasteiger partial charge in [0.1, 0.15) is 11.7 Å². The summed E-state index contributed by atoms with van der Waals surface area (Å²) < 4.78 is 51.9. The van der Waals surface area contributed by atoms with Gasteiger partial charge in [-0.05, 0) is 19.1 Å². The summed E-state index contributed by atoms with van der Waals surface area (Å²) in [7, 11) is -4.94. The Balaban J connectivity index is 0.000000588. The standard InChI is InChI=1S/C23H20NO5.ClHO4/c1-2-28-20(25)9-10-21(26)29-19-8-5-6-16-14-24-12-4-3-7-18(24)22(23(16)19)17-11-13-27-15-17;2-1(3,4)5/h3-13,15,22H,2,14H2,1H3;(H,2,3,4,5)/q+1;/p-1. The smallest absolute Gasteiger partial charge is 0.336 e. The van der Waals surface area contributed by atoms with Crippen LogP contribution in [0.5, 0.6) is 5.75 Å². The molecule has 0 saturated heterocycles. The zero-order valence-electron chi connectivity index (χ0n) is 17.9. The third-order valence-corrected chi connectivity index (χ3v) is 4.79. The molecule has 0 fully saturated rings. The summed E-state index contributed by atoms with van der Waals surface area (Å²) in [4.78, 5) is 23.8. The van der Waals surface area contributed by atoms with Gasteiger partial charge in [-0.3, -0.25) is 0 Å². The van der Waals surface area contributed by atoms with Gasteiger partial charge in [0.2, 0.25) is 0 Å². The molecule has 1 unspecified atom stereocenters. The lowest BCUT2D eigenvalue weighted by molar-refractivity contribution is -2.00. The van der Waals surface area contributed by atoms with Crippen molar-refractivity contribution in [3.63, 3.8) is 0 Å². The minimum absolute atomic E-state index is 0.142. The number of rotatable bonds is 5. The van der Waals surface area contributed by atoms with Gasteiger partial charge in [-0.1, -0.05) is 18.2 Å². The number of aromatic nitrogens is 1. The second-order valence-electron chi connectivity index (χ2n) is 6.96. The number of esters is 2. The average Bonchev–Trinajstić information content (AvgIpc) is 3.30. The van der Waals surface area contributed by atoms with E-state index in [1.807, 2.05) is 36.5 Å². The first-order valence-electron chi connectivity index (χ1n) is 9.98. The predicted molar refractivity (Wildman–Crippen MR) is 103 cm³/mol. The largest absolute Gasteiger partial charge is 0.472 e. The number of ether oxygens (including phenoxy) is 2. The van der Waals surface area contributed by atoms with Crippen LogP contribution in [0.3, 0.4) is 0 Å². The van der Waals surface area contributed by atoms with Gasteiger partial charge in [-0.2, -0.15) is 4.57 Å². The van der Waals surface area contributed by atoms with Crippen LogP contribution in [0, 0.1) is 10.2 Å². The van der Waals surface area contributed by atoms with Crippen LogP contribution in [-0.2, 0) is 20.9 Å². The van der Waals surface area contributed by atoms with Gasteiger partial charge in [-0.25, -0.2) is 28.2 Å². The summed E-state index contributed by atoms with van der Waals surface area (Å²) in [6.07, 6.45) is 7.52. The summed E-state index contributed by atoms with van der Waals surface area (Å²) in [6, 6.07) is 13.6. The molecule has 10 nitrogen and oxygen atoms in total. The fourth-order valence-electron chi connectivity index (χ4n) is 3.62. The van der Waals surface area contributed by atoms with Crippen LogP contribution in [-0.4, -0.2) is 18.5 Å². The Morgan fingerprint density at radius 2 is 1.82 bits per heavy atom. The van der Waals surface area contributed by atoms with Gasteiger partial charge in [0.25, 0.3) is 0 Å². The van der Waals surface area contributed by atoms with Crippen molar-refractivity contribution in [2.24, 2.45) is 0 Å². The van der Waals surface area contributed by atoms with Crippen LogP contribution >= 0.6 is 0 Å². The molecule has 34 heavy (non-hydrogen) atoms. The van der Waals surface area contributed by atoms with Crippen molar-refractivity contribution < 1.29 is 56.9 Å². The van der Waals surface area contributed by atoms with Crippen molar-refractivity contribution in [2.45, 2.75) is 19.4 Å². The topological polar surface area (TPSA) is 162 Å². The van der Waals surface area contributed by atoms with E-state index in [4.69, 9.17) is 32.5 Å². The van der Waals surface area contributed by atoms with Crippen molar-refractivity contribution in [1.29, 1.82) is 0 Å². The van der Waals surface area contributed by atoms with Crippen LogP contribution in [0.2, 0.25) is 0 Å². The summed E-state index contributed by atoms with van der Waals surface area (Å²) in [5.41, 5.74) is 4.01. The van der Waals surface area contributed by atoms with E-state index in [1.165, 1.54) is 0 Å². The molecule has 11 heteroatoms. The minimum Gasteiger partial charge on any atom is -0.472 e. The molecule has 1 atom stereocenters. The van der Waals surface area contributed by atoms with Crippen LogP contribution < -0.4 is 27.9 Å². The zero-order valence-corrected chi connectivity index (χ0v) is 18.7. The maximum Gasteiger partial charge on any atom is 0.336 e. The third-order valence-electron chi connectivity index (χ3n) is 4.79. The minimum atomic E-state index is -4.94. The molecule has 0 saturated carbocycles. The summed E-state index contributed by atoms with van der Waals surface area (Å²) in [5.74, 6) is -0.899. The lowest BCUT2D eigenvalue weighted by Gasteiger charge is -2.24. The van der Waals surface area contributed by atoms with Gasteiger partial charge >= 0.3 is 11.9 Å². The van der Waals surface area contributed by atoms with Crippen LogP contribution in [0.15, 0.2) is 77.8 Å². The van der Waals surface area contributed by atoms with E-state index >= 15 is 0 Å². The summed E-state index contributed by atoms with van der Waals surface area (Å²) >= 11 is 0. The molecule has 2 aromatic heterocycles. The van der Waals surface area contributed by atoms with E-state index in [-0.39, 0.29) is 12.5 Å². The SMILES string of the molecule is CCOC(=O)C=CC(=O)Oc1cccc2c1C(c1ccoc1)c1cccc[n+]1C2.[O-][Cl+3]([O-])([O-])[O-]. The number of fused-ring (bicyclic) bond motifs is 2. The highest BCUT2D eigenvalue weighted by atomic mass is 35.7. The van der Waals surface area contributed by atoms with Gasteiger partial charge in [-0.15, -0.1) is 10.2 Å². The molecule has 178 valence electrons. The lowest BCUT2D eigenvalue weighted by Crippen LogP contribution is -2.68. The van der Waals surface area contributed by atoms with Crippen molar-refractivity contribution in [1.82, 2.24) is 0 Å². The van der Waals surface area contributed by atoms with E-state index in [2.05, 4.69) is 10.6 Å². The Morgan fingerprint density at radius 1 is 1.09 bits per heavy atom. The zero-order chi connectivity index (χ0) is 24.7. The van der Waals surface area contributed by atoms with Crippen LogP contribution in [0.4, 0.5) is 0 Å². The molecule has 1 aliphatic rings. The molecule has 3 aromatic rings. The first-order chi connectivity index (χ1) is 16.2. The maximum atomic E-state index is 12.3. The molecule has 0 bridgehead atoms. The van der Waals surface area contributed by atoms with E-state index < -0.39 is 22.2 Å². The number of carbonyl (C=O) groups is 2. The molecule has 4 rings (SSSR count). The molecular formula is C23H20ClNO9. The van der Waals surface area contributed by atoms with Gasteiger partial charge < -0.3 is 13.9 Å². The van der Waals surface area contributed by atoms with Crippen molar-refractivity contribution in [2.75, 3.05) is 6.61 Å². The second-order valence-corrected chi connectivity index (χ2v) is 7.71. The number of hydrogen-bond donors (Lipinski definition) is 0.